The maximum absolute atomic E-state index is 9.97. The topological polar surface area (TPSA) is 52.9 Å². The third-order valence-corrected chi connectivity index (χ3v) is 3.18. The lowest BCUT2D eigenvalue weighted by molar-refractivity contribution is 0.0664. The maximum Gasteiger partial charge on any atom is 0.162 e. The number of piperidine rings is 1. The fourth-order valence-corrected chi connectivity index (χ4v) is 2.28. The zero-order chi connectivity index (χ0) is 12.3. The number of β-amino-alcohol motifs (C(OH)–C–C–N with tert-alkyl or cyclic N) is 1. The molecule has 0 spiro atoms. The molecule has 94 valence electrons. The summed E-state index contributed by atoms with van der Waals surface area (Å²) in [6.45, 7) is 2.30. The van der Waals surface area contributed by atoms with Gasteiger partial charge in [-0.15, -0.1) is 0 Å². The molecule has 1 fully saturated rings. The average molecular weight is 237 g/mol. The lowest BCUT2D eigenvalue weighted by Crippen LogP contribution is -2.37. The number of likely N-dealkylation sites (tertiary alicyclic amines) is 1. The molecule has 0 saturated carbocycles. The van der Waals surface area contributed by atoms with Crippen LogP contribution in [0.3, 0.4) is 0 Å². The minimum Gasteiger partial charge on any atom is -0.504 e. The van der Waals surface area contributed by atoms with E-state index in [1.165, 1.54) is 0 Å². The summed E-state index contributed by atoms with van der Waals surface area (Å²) in [5.41, 5.74) is 0.846. The number of ether oxygens (including phenoxy) is 1. The lowest BCUT2D eigenvalue weighted by Gasteiger charge is -2.30. The summed E-state index contributed by atoms with van der Waals surface area (Å²) in [5.74, 6) is 0.704. The van der Waals surface area contributed by atoms with Crippen molar-refractivity contribution < 1.29 is 14.9 Å². The number of aliphatic hydroxyl groups is 1. The van der Waals surface area contributed by atoms with E-state index in [1.54, 1.807) is 13.2 Å². The number of methoxy groups -OCH3 is 1. The predicted octanol–water partition coefficient (Wildman–Crippen LogP) is 1.36. The monoisotopic (exact) mass is 237 g/mol. The van der Waals surface area contributed by atoms with Crippen LogP contribution in [-0.2, 0) is 6.54 Å². The number of rotatable bonds is 3. The van der Waals surface area contributed by atoms with Gasteiger partial charge in [0.1, 0.15) is 0 Å². The summed E-state index contributed by atoms with van der Waals surface area (Å²) in [6.07, 6.45) is 1.64. The number of hydrogen-bond donors (Lipinski definition) is 2. The van der Waals surface area contributed by atoms with Gasteiger partial charge in [-0.25, -0.2) is 0 Å². The van der Waals surface area contributed by atoms with Gasteiger partial charge in [-0.05, 0) is 25.5 Å². The highest BCUT2D eigenvalue weighted by atomic mass is 16.5. The van der Waals surface area contributed by atoms with Crippen LogP contribution in [-0.4, -0.2) is 41.4 Å². The first-order valence-electron chi connectivity index (χ1n) is 5.96. The molecule has 0 bridgehead atoms. The minimum absolute atomic E-state index is 0.204. The number of aliphatic hydroxyl groups excluding tert-OH is 1. The van der Waals surface area contributed by atoms with E-state index in [2.05, 4.69) is 4.90 Å². The van der Waals surface area contributed by atoms with Crippen LogP contribution in [0.5, 0.6) is 11.5 Å². The number of phenolic OH excluding ortho intramolecular Hbond substituents is 1. The molecule has 1 unspecified atom stereocenters. The number of benzene rings is 1. The summed E-state index contributed by atoms with van der Waals surface area (Å²) in [4.78, 5) is 2.16. The van der Waals surface area contributed by atoms with Crippen molar-refractivity contribution in [3.8, 4) is 11.5 Å². The SMILES string of the molecule is COc1cccc(CN2CCCC(O)C2)c1O. The average Bonchev–Trinajstić information content (AvgIpc) is 2.32. The molecule has 1 aromatic carbocycles. The first-order chi connectivity index (χ1) is 8.20. The van der Waals surface area contributed by atoms with Crippen molar-refractivity contribution in [1.29, 1.82) is 0 Å². The van der Waals surface area contributed by atoms with Crippen molar-refractivity contribution >= 4 is 0 Å². The molecule has 1 saturated heterocycles. The normalized spacial score (nSPS) is 21.4. The second kappa shape index (κ2) is 5.38. The number of phenols is 1. The van der Waals surface area contributed by atoms with Gasteiger partial charge in [0.2, 0.25) is 0 Å². The minimum atomic E-state index is -0.239. The molecule has 1 atom stereocenters. The van der Waals surface area contributed by atoms with Crippen molar-refractivity contribution in [2.24, 2.45) is 0 Å². The number of hydrogen-bond acceptors (Lipinski definition) is 4. The number of aromatic hydroxyl groups is 1. The van der Waals surface area contributed by atoms with Crippen LogP contribution < -0.4 is 4.74 Å². The molecule has 2 N–H and O–H groups in total. The van der Waals surface area contributed by atoms with Crippen LogP contribution in [0.15, 0.2) is 18.2 Å². The summed E-state index contributed by atoms with van der Waals surface area (Å²) in [7, 11) is 1.55. The van der Waals surface area contributed by atoms with E-state index < -0.39 is 0 Å². The lowest BCUT2D eigenvalue weighted by atomic mass is 10.1. The van der Waals surface area contributed by atoms with Gasteiger partial charge >= 0.3 is 0 Å². The Hall–Kier alpha value is -1.26. The van der Waals surface area contributed by atoms with E-state index in [0.717, 1.165) is 24.9 Å². The van der Waals surface area contributed by atoms with E-state index >= 15 is 0 Å². The largest absolute Gasteiger partial charge is 0.504 e. The number of nitrogens with zero attached hydrogens (tertiary/aromatic N) is 1. The van der Waals surface area contributed by atoms with Gasteiger partial charge in [0.25, 0.3) is 0 Å². The molecule has 0 aliphatic carbocycles. The summed E-state index contributed by atoms with van der Waals surface area (Å²) < 4.78 is 5.08. The van der Waals surface area contributed by atoms with E-state index in [1.807, 2.05) is 12.1 Å². The molecule has 1 aliphatic heterocycles. The van der Waals surface area contributed by atoms with Crippen molar-refractivity contribution in [1.82, 2.24) is 4.90 Å². The molecular weight excluding hydrogens is 218 g/mol. The molecular formula is C13H19NO3. The Morgan fingerprint density at radius 2 is 2.29 bits per heavy atom. The van der Waals surface area contributed by atoms with Crippen molar-refractivity contribution in [2.45, 2.75) is 25.5 Å². The van der Waals surface area contributed by atoms with Crippen LogP contribution in [0.1, 0.15) is 18.4 Å². The van der Waals surface area contributed by atoms with Gasteiger partial charge in [0, 0.05) is 18.7 Å². The van der Waals surface area contributed by atoms with Gasteiger partial charge < -0.3 is 14.9 Å². The second-order valence-corrected chi connectivity index (χ2v) is 4.50. The first-order valence-corrected chi connectivity index (χ1v) is 5.96. The van der Waals surface area contributed by atoms with Crippen LogP contribution in [0, 0.1) is 0 Å². The molecule has 2 rings (SSSR count). The molecule has 1 aliphatic rings. The van der Waals surface area contributed by atoms with Gasteiger partial charge in [-0.2, -0.15) is 0 Å². The van der Waals surface area contributed by atoms with Gasteiger partial charge in [-0.1, -0.05) is 12.1 Å². The Balaban J connectivity index is 2.07. The Kier molecular flexibility index (Phi) is 3.86. The molecule has 0 aromatic heterocycles. The molecule has 4 nitrogen and oxygen atoms in total. The Morgan fingerprint density at radius 1 is 1.47 bits per heavy atom. The Bertz CT molecular complexity index is 381. The summed E-state index contributed by atoms with van der Waals surface area (Å²) in [6, 6.07) is 5.50. The van der Waals surface area contributed by atoms with Gasteiger partial charge in [-0.3, -0.25) is 4.90 Å². The fourth-order valence-electron chi connectivity index (χ4n) is 2.28. The van der Waals surface area contributed by atoms with Crippen LogP contribution in [0.25, 0.3) is 0 Å². The standard InChI is InChI=1S/C13H19NO3/c1-17-12-6-2-4-10(13(12)16)8-14-7-3-5-11(15)9-14/h2,4,6,11,15-16H,3,5,7-9H2,1H3. The first kappa shape index (κ1) is 12.2. The quantitative estimate of drug-likeness (QED) is 0.833. The Morgan fingerprint density at radius 3 is 3.00 bits per heavy atom. The highest BCUT2D eigenvalue weighted by Gasteiger charge is 2.19. The maximum atomic E-state index is 9.97. The summed E-state index contributed by atoms with van der Waals surface area (Å²) >= 11 is 0. The molecule has 17 heavy (non-hydrogen) atoms. The highest BCUT2D eigenvalue weighted by Crippen LogP contribution is 2.30. The van der Waals surface area contributed by atoms with Gasteiger partial charge in [0.05, 0.1) is 13.2 Å². The molecule has 1 heterocycles. The zero-order valence-corrected chi connectivity index (χ0v) is 10.1. The number of para-hydroxylation sites is 1. The van der Waals surface area contributed by atoms with Crippen LogP contribution in [0.4, 0.5) is 0 Å². The van der Waals surface area contributed by atoms with Crippen molar-refractivity contribution in [2.75, 3.05) is 20.2 Å². The van der Waals surface area contributed by atoms with Crippen molar-refractivity contribution in [3.63, 3.8) is 0 Å². The third kappa shape index (κ3) is 2.90. The molecule has 0 amide bonds. The second-order valence-electron chi connectivity index (χ2n) is 4.50. The third-order valence-electron chi connectivity index (χ3n) is 3.18. The Labute approximate surface area is 101 Å². The van der Waals surface area contributed by atoms with E-state index in [9.17, 15) is 10.2 Å². The zero-order valence-electron chi connectivity index (χ0n) is 10.1. The van der Waals surface area contributed by atoms with Crippen LogP contribution >= 0.6 is 0 Å². The molecule has 4 heteroatoms. The van der Waals surface area contributed by atoms with Crippen molar-refractivity contribution in [3.05, 3.63) is 23.8 Å². The predicted molar refractivity (Wildman–Crippen MR) is 65.2 cm³/mol. The van der Waals surface area contributed by atoms with E-state index in [-0.39, 0.29) is 11.9 Å². The van der Waals surface area contributed by atoms with E-state index in [4.69, 9.17) is 4.74 Å². The van der Waals surface area contributed by atoms with Crippen LogP contribution in [0.2, 0.25) is 0 Å². The highest BCUT2D eigenvalue weighted by molar-refractivity contribution is 5.45. The molecule has 0 radical (unpaired) electrons. The summed E-state index contributed by atoms with van der Waals surface area (Å²) in [5, 5.41) is 19.6. The van der Waals surface area contributed by atoms with Gasteiger partial charge in [0.15, 0.2) is 11.5 Å². The molecule has 1 aromatic rings. The fraction of sp³-hybridized carbons (Fsp3) is 0.538. The smallest absolute Gasteiger partial charge is 0.162 e. The van der Waals surface area contributed by atoms with E-state index in [0.29, 0.717) is 18.8 Å².